The number of methoxy groups -OCH3 is 1. The lowest BCUT2D eigenvalue weighted by atomic mass is 10.2. The average molecular weight is 332 g/mol. The Balaban J connectivity index is 2.02. The number of fused-ring (bicyclic) bond motifs is 1. The van der Waals surface area contributed by atoms with Crippen molar-refractivity contribution in [3.63, 3.8) is 0 Å². The third-order valence-electron chi connectivity index (χ3n) is 2.84. The summed E-state index contributed by atoms with van der Waals surface area (Å²) in [6.45, 7) is 2.29. The topological polar surface area (TPSA) is 60.0 Å². The van der Waals surface area contributed by atoms with Gasteiger partial charge in [0.1, 0.15) is 13.2 Å². The fraction of sp³-hybridized carbons (Fsp3) is 0.538. The van der Waals surface area contributed by atoms with Crippen molar-refractivity contribution < 1.29 is 19.3 Å². The van der Waals surface area contributed by atoms with Crippen molar-refractivity contribution in [3.05, 3.63) is 22.2 Å². The quantitative estimate of drug-likeness (QED) is 0.823. The molecule has 0 spiro atoms. The summed E-state index contributed by atoms with van der Waals surface area (Å²) in [5, 5.41) is 12.4. The van der Waals surface area contributed by atoms with Crippen molar-refractivity contribution in [2.45, 2.75) is 12.6 Å². The maximum absolute atomic E-state index is 9.19. The second-order valence-corrected chi connectivity index (χ2v) is 5.17. The highest BCUT2D eigenvalue weighted by atomic mass is 79.9. The Labute approximate surface area is 121 Å². The Bertz CT molecular complexity index is 427. The van der Waals surface area contributed by atoms with Gasteiger partial charge in [0.05, 0.1) is 23.7 Å². The minimum Gasteiger partial charge on any atom is -0.486 e. The molecule has 1 unspecified atom stereocenters. The van der Waals surface area contributed by atoms with Gasteiger partial charge in [0, 0.05) is 13.7 Å². The number of halogens is 1. The monoisotopic (exact) mass is 331 g/mol. The Morgan fingerprint density at radius 2 is 2.21 bits per heavy atom. The van der Waals surface area contributed by atoms with E-state index in [9.17, 15) is 5.11 Å². The second-order valence-electron chi connectivity index (χ2n) is 4.32. The largest absolute Gasteiger partial charge is 0.486 e. The molecule has 6 heteroatoms. The first-order chi connectivity index (χ1) is 9.24. The van der Waals surface area contributed by atoms with Crippen molar-refractivity contribution >= 4 is 15.9 Å². The van der Waals surface area contributed by atoms with E-state index >= 15 is 0 Å². The van der Waals surface area contributed by atoms with Crippen LogP contribution in [0.2, 0.25) is 0 Å². The molecule has 0 saturated carbocycles. The lowest BCUT2D eigenvalue weighted by molar-refractivity contribution is 0.128. The van der Waals surface area contributed by atoms with Crippen LogP contribution in [0, 0.1) is 0 Å². The number of benzene rings is 1. The third kappa shape index (κ3) is 3.82. The molecule has 0 bridgehead atoms. The zero-order chi connectivity index (χ0) is 13.7. The molecule has 0 aliphatic carbocycles. The van der Waals surface area contributed by atoms with Crippen LogP contribution in [-0.2, 0) is 11.3 Å². The van der Waals surface area contributed by atoms with Crippen LogP contribution in [0.4, 0.5) is 0 Å². The first kappa shape index (κ1) is 14.6. The van der Waals surface area contributed by atoms with Crippen molar-refractivity contribution in [1.82, 2.24) is 5.32 Å². The number of ether oxygens (including phenoxy) is 3. The number of hydrogen-bond donors (Lipinski definition) is 2. The van der Waals surface area contributed by atoms with Gasteiger partial charge < -0.3 is 24.6 Å². The maximum atomic E-state index is 9.19. The molecule has 1 atom stereocenters. The molecule has 1 aromatic rings. The fourth-order valence-electron chi connectivity index (χ4n) is 1.91. The van der Waals surface area contributed by atoms with Crippen molar-refractivity contribution in [1.29, 1.82) is 0 Å². The van der Waals surface area contributed by atoms with Crippen molar-refractivity contribution in [2.75, 3.05) is 33.5 Å². The van der Waals surface area contributed by atoms with Gasteiger partial charge in [0.2, 0.25) is 0 Å². The number of aliphatic hydroxyl groups excluding tert-OH is 1. The van der Waals surface area contributed by atoms with Gasteiger partial charge in [-0.25, -0.2) is 0 Å². The van der Waals surface area contributed by atoms with Crippen LogP contribution in [0.25, 0.3) is 0 Å². The normalized spacial score (nSPS) is 15.3. The molecule has 2 N–H and O–H groups in total. The maximum Gasteiger partial charge on any atom is 0.175 e. The summed E-state index contributed by atoms with van der Waals surface area (Å²) in [6, 6.07) is 3.87. The van der Waals surface area contributed by atoms with Gasteiger partial charge in [-0.3, -0.25) is 0 Å². The molecule has 106 valence electrons. The molecular formula is C13H18BrNO4. The lowest BCUT2D eigenvalue weighted by Gasteiger charge is -2.21. The van der Waals surface area contributed by atoms with Crippen LogP contribution in [-0.4, -0.2) is 44.7 Å². The molecule has 0 aromatic heterocycles. The number of hydrogen-bond acceptors (Lipinski definition) is 5. The second kappa shape index (κ2) is 7.09. The predicted molar refractivity (Wildman–Crippen MR) is 74.7 cm³/mol. The van der Waals surface area contributed by atoms with Crippen LogP contribution < -0.4 is 14.8 Å². The van der Waals surface area contributed by atoms with Crippen LogP contribution in [0.1, 0.15) is 5.56 Å². The summed E-state index contributed by atoms with van der Waals surface area (Å²) in [5.74, 6) is 1.51. The smallest absolute Gasteiger partial charge is 0.175 e. The van der Waals surface area contributed by atoms with Gasteiger partial charge in [0.25, 0.3) is 0 Å². The SMILES string of the molecule is COCC(CO)NCc1cc(Br)c2c(c1)OCCO2. The van der Waals surface area contributed by atoms with Gasteiger partial charge in [-0.05, 0) is 33.6 Å². The van der Waals surface area contributed by atoms with Gasteiger partial charge in [0.15, 0.2) is 11.5 Å². The summed E-state index contributed by atoms with van der Waals surface area (Å²) < 4.78 is 17.0. The predicted octanol–water partition coefficient (Wildman–Crippen LogP) is 1.32. The third-order valence-corrected chi connectivity index (χ3v) is 3.43. The first-order valence-corrected chi connectivity index (χ1v) is 6.95. The lowest BCUT2D eigenvalue weighted by Crippen LogP contribution is -2.35. The highest BCUT2D eigenvalue weighted by molar-refractivity contribution is 9.10. The van der Waals surface area contributed by atoms with E-state index in [1.165, 1.54) is 0 Å². The number of rotatable bonds is 6. The van der Waals surface area contributed by atoms with Crippen LogP contribution in [0.5, 0.6) is 11.5 Å². The summed E-state index contributed by atoms with van der Waals surface area (Å²) in [6.07, 6.45) is 0. The molecule has 1 aliphatic heterocycles. The van der Waals surface area contributed by atoms with E-state index in [1.54, 1.807) is 7.11 Å². The molecular weight excluding hydrogens is 314 g/mol. The van der Waals surface area contributed by atoms with Crippen LogP contribution >= 0.6 is 15.9 Å². The minimum absolute atomic E-state index is 0.0412. The Morgan fingerprint density at radius 3 is 2.95 bits per heavy atom. The molecule has 0 radical (unpaired) electrons. The molecule has 5 nitrogen and oxygen atoms in total. The fourth-order valence-corrected chi connectivity index (χ4v) is 2.51. The zero-order valence-corrected chi connectivity index (χ0v) is 12.4. The molecule has 2 rings (SSSR count). The Morgan fingerprint density at radius 1 is 1.42 bits per heavy atom. The number of aliphatic hydroxyl groups is 1. The van der Waals surface area contributed by atoms with Gasteiger partial charge in [-0.1, -0.05) is 0 Å². The van der Waals surface area contributed by atoms with Crippen LogP contribution in [0.15, 0.2) is 16.6 Å². The average Bonchev–Trinajstić information content (AvgIpc) is 2.43. The van der Waals surface area contributed by atoms with E-state index in [-0.39, 0.29) is 12.6 Å². The van der Waals surface area contributed by atoms with Crippen molar-refractivity contribution in [3.8, 4) is 11.5 Å². The standard InChI is InChI=1S/C13H18BrNO4/c1-17-8-10(7-16)15-6-9-4-11(14)13-12(5-9)18-2-3-19-13/h4-5,10,15-16H,2-3,6-8H2,1H3. The van der Waals surface area contributed by atoms with E-state index in [0.717, 1.165) is 21.5 Å². The molecule has 19 heavy (non-hydrogen) atoms. The van der Waals surface area contributed by atoms with Gasteiger partial charge in [-0.2, -0.15) is 0 Å². The van der Waals surface area contributed by atoms with Gasteiger partial charge >= 0.3 is 0 Å². The van der Waals surface area contributed by atoms with E-state index < -0.39 is 0 Å². The van der Waals surface area contributed by atoms with E-state index in [1.807, 2.05) is 12.1 Å². The molecule has 0 fully saturated rings. The number of nitrogens with one attached hydrogen (secondary N) is 1. The summed E-state index contributed by atoms with van der Waals surface area (Å²) in [5.41, 5.74) is 1.06. The van der Waals surface area contributed by atoms with E-state index in [4.69, 9.17) is 14.2 Å². The summed E-state index contributed by atoms with van der Waals surface area (Å²) >= 11 is 3.48. The van der Waals surface area contributed by atoms with E-state index in [2.05, 4.69) is 21.2 Å². The van der Waals surface area contributed by atoms with Crippen LogP contribution in [0.3, 0.4) is 0 Å². The highest BCUT2D eigenvalue weighted by Crippen LogP contribution is 2.38. The van der Waals surface area contributed by atoms with E-state index in [0.29, 0.717) is 26.4 Å². The highest BCUT2D eigenvalue weighted by Gasteiger charge is 2.16. The first-order valence-electron chi connectivity index (χ1n) is 6.15. The molecule has 1 heterocycles. The zero-order valence-electron chi connectivity index (χ0n) is 10.8. The minimum atomic E-state index is -0.0722. The summed E-state index contributed by atoms with van der Waals surface area (Å²) in [4.78, 5) is 0. The Kier molecular flexibility index (Phi) is 5.45. The molecule has 0 saturated heterocycles. The molecule has 0 amide bonds. The molecule has 1 aliphatic rings. The Hall–Kier alpha value is -0.820. The summed E-state index contributed by atoms with van der Waals surface area (Å²) in [7, 11) is 1.62. The molecule has 1 aromatic carbocycles. The van der Waals surface area contributed by atoms with Crippen molar-refractivity contribution in [2.24, 2.45) is 0 Å². The van der Waals surface area contributed by atoms with Gasteiger partial charge in [-0.15, -0.1) is 0 Å².